The van der Waals surface area contributed by atoms with Crippen molar-refractivity contribution in [1.82, 2.24) is 20.6 Å². The maximum Gasteiger partial charge on any atom is 0.387 e. The van der Waals surface area contributed by atoms with Crippen LogP contribution in [-0.4, -0.2) is 33.1 Å². The SMILES string of the molecule is O=C(Nc1ccc(Cc2nn[nH]n2)cc1)c1cccc(OC(F)F)c1. The summed E-state index contributed by atoms with van der Waals surface area (Å²) in [6.07, 6.45) is 0.512. The van der Waals surface area contributed by atoms with Crippen molar-refractivity contribution in [2.45, 2.75) is 13.0 Å². The van der Waals surface area contributed by atoms with Gasteiger partial charge < -0.3 is 10.1 Å². The second-order valence-corrected chi connectivity index (χ2v) is 5.06. The highest BCUT2D eigenvalue weighted by Gasteiger charge is 2.10. The Bertz CT molecular complexity index is 838. The molecule has 9 heteroatoms. The van der Waals surface area contributed by atoms with Crippen LogP contribution < -0.4 is 10.1 Å². The molecule has 1 amide bonds. The maximum atomic E-state index is 12.2. The highest BCUT2D eigenvalue weighted by Crippen LogP contribution is 2.18. The summed E-state index contributed by atoms with van der Waals surface area (Å²) in [5.41, 5.74) is 1.74. The molecule has 0 atom stereocenters. The van der Waals surface area contributed by atoms with E-state index in [4.69, 9.17) is 0 Å². The lowest BCUT2D eigenvalue weighted by Gasteiger charge is -2.08. The first kappa shape index (κ1) is 16.5. The molecule has 0 saturated heterocycles. The number of halogens is 2. The Morgan fingerprint density at radius 1 is 1.20 bits per heavy atom. The van der Waals surface area contributed by atoms with Crippen molar-refractivity contribution < 1.29 is 18.3 Å². The number of nitrogens with one attached hydrogen (secondary N) is 2. The number of alkyl halides is 2. The molecule has 1 aromatic heterocycles. The fourth-order valence-electron chi connectivity index (χ4n) is 2.16. The first-order chi connectivity index (χ1) is 12.1. The van der Waals surface area contributed by atoms with Gasteiger partial charge in [0.05, 0.1) is 0 Å². The van der Waals surface area contributed by atoms with Crippen molar-refractivity contribution in [2.24, 2.45) is 0 Å². The summed E-state index contributed by atoms with van der Waals surface area (Å²) in [5, 5.41) is 16.3. The van der Waals surface area contributed by atoms with Crippen molar-refractivity contribution in [3.8, 4) is 5.75 Å². The number of hydrogen-bond donors (Lipinski definition) is 2. The standard InChI is InChI=1S/C16H13F2N5O2/c17-16(18)25-13-3-1-2-11(9-13)15(24)19-12-6-4-10(5-7-12)8-14-20-22-23-21-14/h1-7,9,16H,8H2,(H,19,24)(H,20,21,22,23). The average Bonchev–Trinajstić information content (AvgIpc) is 3.09. The van der Waals surface area contributed by atoms with Crippen molar-refractivity contribution in [3.05, 3.63) is 65.5 Å². The minimum atomic E-state index is -2.94. The van der Waals surface area contributed by atoms with E-state index < -0.39 is 12.5 Å². The Hall–Kier alpha value is -3.36. The highest BCUT2D eigenvalue weighted by atomic mass is 19.3. The third-order valence-electron chi connectivity index (χ3n) is 3.28. The quantitative estimate of drug-likeness (QED) is 0.716. The molecule has 3 aromatic rings. The van der Waals surface area contributed by atoms with E-state index in [9.17, 15) is 13.6 Å². The summed E-state index contributed by atoms with van der Waals surface area (Å²) in [6, 6.07) is 12.7. The first-order valence-corrected chi connectivity index (χ1v) is 7.27. The van der Waals surface area contributed by atoms with Crippen molar-refractivity contribution in [1.29, 1.82) is 0 Å². The lowest BCUT2D eigenvalue weighted by molar-refractivity contribution is -0.0498. The molecule has 128 valence electrons. The van der Waals surface area contributed by atoms with Gasteiger partial charge in [-0.1, -0.05) is 23.4 Å². The highest BCUT2D eigenvalue weighted by molar-refractivity contribution is 6.04. The normalized spacial score (nSPS) is 10.7. The Labute approximate surface area is 141 Å². The van der Waals surface area contributed by atoms with E-state index in [0.717, 1.165) is 5.56 Å². The molecular weight excluding hydrogens is 332 g/mol. The minimum Gasteiger partial charge on any atom is -0.435 e. The number of anilines is 1. The second-order valence-electron chi connectivity index (χ2n) is 5.06. The number of nitrogens with zero attached hydrogens (tertiary/aromatic N) is 3. The van der Waals surface area contributed by atoms with E-state index in [2.05, 4.69) is 30.7 Å². The largest absolute Gasteiger partial charge is 0.435 e. The summed E-state index contributed by atoms with van der Waals surface area (Å²) >= 11 is 0. The van der Waals surface area contributed by atoms with E-state index >= 15 is 0 Å². The fraction of sp³-hybridized carbons (Fsp3) is 0.125. The Balaban J connectivity index is 1.64. The van der Waals surface area contributed by atoms with E-state index in [0.29, 0.717) is 17.9 Å². The van der Waals surface area contributed by atoms with Gasteiger partial charge in [-0.15, -0.1) is 10.2 Å². The molecule has 0 radical (unpaired) electrons. The number of benzene rings is 2. The number of aromatic nitrogens is 4. The molecule has 0 aliphatic carbocycles. The van der Waals surface area contributed by atoms with Crippen LogP contribution in [0.15, 0.2) is 48.5 Å². The van der Waals surface area contributed by atoms with Crippen LogP contribution in [0.3, 0.4) is 0 Å². The number of carbonyl (C=O) groups excluding carboxylic acids is 1. The van der Waals surface area contributed by atoms with Gasteiger partial charge in [0.15, 0.2) is 5.82 Å². The molecule has 2 N–H and O–H groups in total. The summed E-state index contributed by atoms with van der Waals surface area (Å²) in [6.45, 7) is -2.94. The molecule has 7 nitrogen and oxygen atoms in total. The predicted octanol–water partition coefficient (Wildman–Crippen LogP) is 2.64. The molecule has 3 rings (SSSR count). The van der Waals surface area contributed by atoms with Crippen LogP contribution in [-0.2, 0) is 6.42 Å². The molecule has 0 bridgehead atoms. The van der Waals surface area contributed by atoms with E-state index in [1.807, 2.05) is 12.1 Å². The van der Waals surface area contributed by atoms with Crippen molar-refractivity contribution in [2.75, 3.05) is 5.32 Å². The zero-order valence-electron chi connectivity index (χ0n) is 12.8. The number of ether oxygens (including phenoxy) is 1. The minimum absolute atomic E-state index is 0.0712. The number of H-pyrrole nitrogens is 1. The van der Waals surface area contributed by atoms with E-state index in [-0.39, 0.29) is 11.3 Å². The van der Waals surface area contributed by atoms with Crippen LogP contribution in [0.4, 0.5) is 14.5 Å². The van der Waals surface area contributed by atoms with Gasteiger partial charge in [-0.3, -0.25) is 4.79 Å². The number of rotatable bonds is 6. The summed E-state index contributed by atoms with van der Waals surface area (Å²) in [4.78, 5) is 12.2. The number of amides is 1. The van der Waals surface area contributed by atoms with Crippen LogP contribution in [0.2, 0.25) is 0 Å². The van der Waals surface area contributed by atoms with Crippen molar-refractivity contribution >= 4 is 11.6 Å². The predicted molar refractivity (Wildman–Crippen MR) is 84.5 cm³/mol. The monoisotopic (exact) mass is 345 g/mol. The number of aromatic amines is 1. The van der Waals surface area contributed by atoms with Gasteiger partial charge >= 0.3 is 6.61 Å². The van der Waals surface area contributed by atoms with E-state index in [1.165, 1.54) is 24.3 Å². The summed E-state index contributed by atoms with van der Waals surface area (Å²) in [5.74, 6) is 0.0661. The Morgan fingerprint density at radius 2 is 2.00 bits per heavy atom. The molecular formula is C16H13F2N5O2. The zero-order valence-corrected chi connectivity index (χ0v) is 12.8. The Morgan fingerprint density at radius 3 is 2.68 bits per heavy atom. The van der Waals surface area contributed by atoms with E-state index in [1.54, 1.807) is 12.1 Å². The third-order valence-corrected chi connectivity index (χ3v) is 3.28. The molecule has 0 spiro atoms. The fourth-order valence-corrected chi connectivity index (χ4v) is 2.16. The maximum absolute atomic E-state index is 12.2. The van der Waals surface area contributed by atoms with Crippen molar-refractivity contribution in [3.63, 3.8) is 0 Å². The van der Waals surface area contributed by atoms with Gasteiger partial charge in [-0.25, -0.2) is 0 Å². The number of tetrazole rings is 1. The van der Waals surface area contributed by atoms with Gasteiger partial charge in [0.25, 0.3) is 5.91 Å². The van der Waals surface area contributed by atoms with Crippen LogP contribution >= 0.6 is 0 Å². The van der Waals surface area contributed by atoms with Crippen LogP contribution in [0.25, 0.3) is 0 Å². The van der Waals surface area contributed by atoms with Gasteiger partial charge in [-0.05, 0) is 35.9 Å². The van der Waals surface area contributed by atoms with Gasteiger partial charge in [0.2, 0.25) is 0 Å². The Kier molecular flexibility index (Phi) is 4.93. The second kappa shape index (κ2) is 7.47. The molecule has 0 unspecified atom stereocenters. The number of hydrogen-bond acceptors (Lipinski definition) is 5. The smallest absolute Gasteiger partial charge is 0.387 e. The molecule has 0 saturated carbocycles. The average molecular weight is 345 g/mol. The lowest BCUT2D eigenvalue weighted by Crippen LogP contribution is -2.12. The zero-order chi connectivity index (χ0) is 17.6. The third kappa shape index (κ3) is 4.56. The topological polar surface area (TPSA) is 92.8 Å². The molecule has 2 aromatic carbocycles. The molecule has 0 aliphatic rings. The first-order valence-electron chi connectivity index (χ1n) is 7.27. The molecule has 0 fully saturated rings. The summed E-state index contributed by atoms with van der Waals surface area (Å²) < 4.78 is 28.8. The number of carbonyl (C=O) groups is 1. The van der Waals surface area contributed by atoms with Gasteiger partial charge in [-0.2, -0.15) is 14.0 Å². The molecule has 25 heavy (non-hydrogen) atoms. The van der Waals surface area contributed by atoms with Gasteiger partial charge in [0.1, 0.15) is 5.75 Å². The summed E-state index contributed by atoms with van der Waals surface area (Å²) in [7, 11) is 0. The molecule has 0 aliphatic heterocycles. The lowest BCUT2D eigenvalue weighted by atomic mass is 10.1. The van der Waals surface area contributed by atoms with Crippen LogP contribution in [0, 0.1) is 0 Å². The molecule has 1 heterocycles. The van der Waals surface area contributed by atoms with Crippen LogP contribution in [0.1, 0.15) is 21.7 Å². The van der Waals surface area contributed by atoms with Crippen LogP contribution in [0.5, 0.6) is 5.75 Å². The van der Waals surface area contributed by atoms with Gasteiger partial charge in [0, 0.05) is 17.7 Å².